The zero-order valence-corrected chi connectivity index (χ0v) is 11.7. The number of alkyl halides is 1. The second-order valence-corrected chi connectivity index (χ2v) is 4.34. The Labute approximate surface area is 119 Å². The monoisotopic (exact) mass is 304 g/mol. The molecule has 0 saturated heterocycles. The van der Waals surface area contributed by atoms with Crippen LogP contribution in [0.25, 0.3) is 0 Å². The number of hydrogen-bond acceptors (Lipinski definition) is 6. The summed E-state index contributed by atoms with van der Waals surface area (Å²) in [6.45, 7) is -0.551. The maximum absolute atomic E-state index is 12.8. The normalized spacial score (nSPS) is 13.7. The van der Waals surface area contributed by atoms with E-state index in [2.05, 4.69) is 9.72 Å². The molecule has 21 heavy (non-hydrogen) atoms. The first-order valence-corrected chi connectivity index (χ1v) is 6.11. The molecule has 0 aliphatic heterocycles. The number of aliphatic hydroxyl groups excluding tert-OH is 1. The van der Waals surface area contributed by atoms with Crippen molar-refractivity contribution in [3.63, 3.8) is 0 Å². The Morgan fingerprint density at radius 1 is 1.52 bits per heavy atom. The summed E-state index contributed by atoms with van der Waals surface area (Å²) >= 11 is 0. The molecule has 0 fully saturated rings. The Hall–Kier alpha value is -2.00. The fraction of sp³-hybridized carbons (Fsp3) is 0.583. The molecule has 1 heterocycles. The molecule has 1 rings (SSSR count). The van der Waals surface area contributed by atoms with Crippen molar-refractivity contribution in [3.8, 4) is 0 Å². The number of halogens is 1. The minimum absolute atomic E-state index is 0.286. The van der Waals surface area contributed by atoms with E-state index in [1.54, 1.807) is 0 Å². The summed E-state index contributed by atoms with van der Waals surface area (Å²) in [5.74, 6) is -2.15. The van der Waals surface area contributed by atoms with Crippen molar-refractivity contribution >= 4 is 5.97 Å². The highest BCUT2D eigenvalue weighted by Gasteiger charge is 2.30. The van der Waals surface area contributed by atoms with E-state index in [4.69, 9.17) is 4.74 Å². The first-order valence-electron chi connectivity index (χ1n) is 6.11. The number of aliphatic hydroxyl groups is 1. The molecule has 0 saturated carbocycles. The smallest absolute Gasteiger partial charge is 0.330 e. The van der Waals surface area contributed by atoms with Gasteiger partial charge in [0, 0.05) is 11.8 Å². The largest absolute Gasteiger partial charge is 0.469 e. The highest BCUT2D eigenvalue weighted by Crippen LogP contribution is 2.11. The number of nitrogens with one attached hydrogen (secondary N) is 1. The molecule has 1 aromatic rings. The molecule has 0 aliphatic carbocycles. The Morgan fingerprint density at radius 2 is 2.19 bits per heavy atom. The zero-order valence-electron chi connectivity index (χ0n) is 11.7. The number of methoxy groups -OCH3 is 1. The van der Waals surface area contributed by atoms with Crippen LogP contribution in [0, 0.1) is 12.8 Å². The molecule has 2 N–H and O–H groups in total. The molecular formula is C12H17FN2O6. The van der Waals surface area contributed by atoms with Gasteiger partial charge in [0.05, 0.1) is 19.8 Å². The van der Waals surface area contributed by atoms with E-state index >= 15 is 0 Å². The fourth-order valence-corrected chi connectivity index (χ4v) is 1.65. The van der Waals surface area contributed by atoms with Gasteiger partial charge >= 0.3 is 11.7 Å². The van der Waals surface area contributed by atoms with E-state index in [0.717, 1.165) is 11.7 Å². The van der Waals surface area contributed by atoms with Crippen LogP contribution in [0.3, 0.4) is 0 Å². The molecule has 2 unspecified atom stereocenters. The Bertz CT molecular complexity index is 596. The number of carbonyl (C=O) groups is 1. The van der Waals surface area contributed by atoms with Crippen LogP contribution in [0.5, 0.6) is 0 Å². The standard InChI is InChI=1S/C12H17FN2O6/c1-7-4-15(12(19)14-10(7)17)6-21-9(5-16)8(3-13)11(18)20-2/h4,8-9,16H,3,5-6H2,1-2H3,(H,14,17,19). The number of esters is 1. The number of H-pyrrole nitrogens is 1. The quantitative estimate of drug-likeness (QED) is 0.621. The molecule has 2 atom stereocenters. The minimum atomic E-state index is -1.29. The lowest BCUT2D eigenvalue weighted by molar-refractivity contribution is -0.156. The maximum Gasteiger partial charge on any atom is 0.330 e. The highest BCUT2D eigenvalue weighted by molar-refractivity contribution is 5.73. The van der Waals surface area contributed by atoms with Crippen LogP contribution >= 0.6 is 0 Å². The Kier molecular flexibility index (Phi) is 6.25. The number of carbonyl (C=O) groups excluding carboxylic acids is 1. The second kappa shape index (κ2) is 7.70. The van der Waals surface area contributed by atoms with Gasteiger partial charge in [-0.25, -0.2) is 4.79 Å². The number of aryl methyl sites for hydroxylation is 1. The number of hydrogen-bond donors (Lipinski definition) is 2. The lowest BCUT2D eigenvalue weighted by atomic mass is 10.1. The predicted octanol–water partition coefficient (Wildman–Crippen LogP) is -1.06. The topological polar surface area (TPSA) is 111 Å². The summed E-state index contributed by atoms with van der Waals surface area (Å²) in [6, 6.07) is 0. The lowest BCUT2D eigenvalue weighted by Gasteiger charge is -2.21. The summed E-state index contributed by atoms with van der Waals surface area (Å²) in [5, 5.41) is 9.17. The van der Waals surface area contributed by atoms with Gasteiger partial charge in [-0.15, -0.1) is 0 Å². The van der Waals surface area contributed by atoms with Gasteiger partial charge in [0.2, 0.25) is 0 Å². The summed E-state index contributed by atoms with van der Waals surface area (Å²) in [6.07, 6.45) is 0.0969. The molecule has 8 nitrogen and oxygen atoms in total. The third kappa shape index (κ3) is 4.23. The van der Waals surface area contributed by atoms with Gasteiger partial charge in [0.15, 0.2) is 0 Å². The van der Waals surface area contributed by atoms with Gasteiger partial charge < -0.3 is 14.6 Å². The predicted molar refractivity (Wildman–Crippen MR) is 69.5 cm³/mol. The third-order valence-corrected chi connectivity index (χ3v) is 2.92. The van der Waals surface area contributed by atoms with E-state index in [-0.39, 0.29) is 12.3 Å². The Balaban J connectivity index is 2.84. The number of ether oxygens (including phenoxy) is 2. The minimum Gasteiger partial charge on any atom is -0.469 e. The summed E-state index contributed by atoms with van der Waals surface area (Å²) < 4.78 is 23.5. The molecule has 0 amide bonds. The number of rotatable bonds is 7. The van der Waals surface area contributed by atoms with Crippen LogP contribution in [0.15, 0.2) is 15.8 Å². The SMILES string of the molecule is COC(=O)C(CF)C(CO)OCn1cc(C)c(=O)[nH]c1=O. The van der Waals surface area contributed by atoms with Gasteiger partial charge in [-0.2, -0.15) is 0 Å². The molecule has 9 heteroatoms. The van der Waals surface area contributed by atoms with Gasteiger partial charge in [0.25, 0.3) is 5.56 Å². The first-order chi connectivity index (χ1) is 9.94. The highest BCUT2D eigenvalue weighted by atomic mass is 19.1. The van der Waals surface area contributed by atoms with E-state index in [1.165, 1.54) is 13.1 Å². The van der Waals surface area contributed by atoms with Crippen molar-refractivity contribution in [1.82, 2.24) is 9.55 Å². The van der Waals surface area contributed by atoms with Gasteiger partial charge in [-0.3, -0.25) is 23.5 Å². The number of aromatic amines is 1. The van der Waals surface area contributed by atoms with E-state index in [0.29, 0.717) is 0 Å². The fourth-order valence-electron chi connectivity index (χ4n) is 1.65. The molecule has 0 radical (unpaired) electrons. The Morgan fingerprint density at radius 3 is 2.71 bits per heavy atom. The van der Waals surface area contributed by atoms with E-state index < -0.39 is 42.5 Å². The van der Waals surface area contributed by atoms with Crippen LogP contribution < -0.4 is 11.2 Å². The molecule has 0 spiro atoms. The van der Waals surface area contributed by atoms with Gasteiger partial charge in [-0.1, -0.05) is 0 Å². The molecule has 0 aliphatic rings. The van der Waals surface area contributed by atoms with Gasteiger partial charge in [0.1, 0.15) is 19.3 Å². The van der Waals surface area contributed by atoms with E-state index in [9.17, 15) is 23.9 Å². The summed E-state index contributed by atoms with van der Waals surface area (Å²) in [5.41, 5.74) is -0.947. The third-order valence-electron chi connectivity index (χ3n) is 2.92. The lowest BCUT2D eigenvalue weighted by Crippen LogP contribution is -2.38. The first kappa shape index (κ1) is 17.1. The molecular weight excluding hydrogens is 287 g/mol. The number of nitrogens with zero attached hydrogens (tertiary/aromatic N) is 1. The van der Waals surface area contributed by atoms with Crippen molar-refractivity contribution < 1.29 is 23.8 Å². The van der Waals surface area contributed by atoms with Gasteiger partial charge in [-0.05, 0) is 6.92 Å². The van der Waals surface area contributed by atoms with Crippen LogP contribution in [0.4, 0.5) is 4.39 Å². The molecule has 0 bridgehead atoms. The maximum atomic E-state index is 12.8. The van der Waals surface area contributed by atoms with Crippen molar-refractivity contribution in [2.24, 2.45) is 5.92 Å². The zero-order chi connectivity index (χ0) is 16.0. The second-order valence-electron chi connectivity index (χ2n) is 4.34. The molecule has 118 valence electrons. The van der Waals surface area contributed by atoms with E-state index in [1.807, 2.05) is 0 Å². The number of aromatic nitrogens is 2. The van der Waals surface area contributed by atoms with Crippen LogP contribution in [0.2, 0.25) is 0 Å². The van der Waals surface area contributed by atoms with Crippen LogP contribution in [0.1, 0.15) is 5.56 Å². The van der Waals surface area contributed by atoms with Crippen molar-refractivity contribution in [1.29, 1.82) is 0 Å². The summed E-state index contributed by atoms with van der Waals surface area (Å²) in [4.78, 5) is 36.2. The summed E-state index contributed by atoms with van der Waals surface area (Å²) in [7, 11) is 1.09. The van der Waals surface area contributed by atoms with Crippen molar-refractivity contribution in [2.45, 2.75) is 19.8 Å². The van der Waals surface area contributed by atoms with Crippen molar-refractivity contribution in [3.05, 3.63) is 32.6 Å². The van der Waals surface area contributed by atoms with Crippen LogP contribution in [-0.4, -0.2) is 47.1 Å². The van der Waals surface area contributed by atoms with Crippen LogP contribution in [-0.2, 0) is 21.0 Å². The average Bonchev–Trinajstić information content (AvgIpc) is 2.47. The van der Waals surface area contributed by atoms with Crippen molar-refractivity contribution in [2.75, 3.05) is 20.4 Å². The molecule has 0 aromatic carbocycles. The average molecular weight is 304 g/mol. The molecule has 1 aromatic heterocycles.